The molecule has 2 rings (SSSR count). The van der Waals surface area contributed by atoms with Crippen LogP contribution >= 0.6 is 11.6 Å². The molecule has 0 aliphatic rings. The van der Waals surface area contributed by atoms with Gasteiger partial charge >= 0.3 is 11.9 Å². The Morgan fingerprint density at radius 3 is 2.11 bits per heavy atom. The van der Waals surface area contributed by atoms with Gasteiger partial charge in [0.25, 0.3) is 0 Å². The Morgan fingerprint density at radius 1 is 0.861 bits per heavy atom. The van der Waals surface area contributed by atoms with Crippen LogP contribution in [0.1, 0.15) is 30.4 Å². The van der Waals surface area contributed by atoms with Crippen LogP contribution in [0.15, 0.2) is 72.8 Å². The van der Waals surface area contributed by atoms with Crippen molar-refractivity contribution in [1.29, 1.82) is 0 Å². The molecule has 7 heteroatoms. The molecule has 0 saturated carbocycles. The number of hydrogen-bond acceptors (Lipinski definition) is 6. The van der Waals surface area contributed by atoms with Crippen molar-refractivity contribution in [2.24, 2.45) is 4.99 Å². The molecular weight excluding hydrogens is 478 g/mol. The average molecular weight is 504 g/mol. The van der Waals surface area contributed by atoms with Crippen LogP contribution in [0.4, 0.5) is 5.69 Å². The predicted octanol–water partition coefficient (Wildman–Crippen LogP) is 5.45. The van der Waals surface area contributed by atoms with Crippen molar-refractivity contribution in [2.75, 3.05) is 19.8 Å². The first kappa shape index (κ1) is 28.0. The third-order valence-electron chi connectivity index (χ3n) is 4.36. The van der Waals surface area contributed by atoms with Gasteiger partial charge in [0.2, 0.25) is 0 Å². The first-order valence-corrected chi connectivity index (χ1v) is 11.5. The van der Waals surface area contributed by atoms with Crippen molar-refractivity contribution in [1.82, 2.24) is 0 Å². The Labute approximate surface area is 216 Å². The molecule has 0 fully saturated rings. The highest BCUT2D eigenvalue weighted by molar-refractivity contribution is 6.32. The second-order valence-corrected chi connectivity index (χ2v) is 7.50. The van der Waals surface area contributed by atoms with Crippen LogP contribution < -0.4 is 4.74 Å². The maximum Gasteiger partial charge on any atom is 0.330 e. The molecule has 36 heavy (non-hydrogen) atoms. The molecule has 2 aromatic carbocycles. The molecule has 0 bridgehead atoms. The maximum absolute atomic E-state index is 11.0. The number of unbranched alkanes of at least 4 members (excludes halogenated alkanes) is 1. The van der Waals surface area contributed by atoms with Crippen LogP contribution in [0.3, 0.4) is 0 Å². The topological polar surface area (TPSA) is 74.2 Å². The van der Waals surface area contributed by atoms with Crippen molar-refractivity contribution in [3.63, 3.8) is 0 Å². The molecule has 0 radical (unpaired) electrons. The molecule has 184 valence electrons. The molecular formula is C29H26ClNO5. The third kappa shape index (κ3) is 11.2. The lowest BCUT2D eigenvalue weighted by Crippen LogP contribution is -2.06. The summed E-state index contributed by atoms with van der Waals surface area (Å²) in [6.07, 6.45) is 5.98. The van der Waals surface area contributed by atoms with Crippen LogP contribution in [0.5, 0.6) is 5.75 Å². The van der Waals surface area contributed by atoms with Crippen LogP contribution in [0, 0.1) is 23.7 Å². The summed E-state index contributed by atoms with van der Waals surface area (Å²) in [5.41, 5.74) is 2.34. The maximum atomic E-state index is 11.0. The summed E-state index contributed by atoms with van der Waals surface area (Å²) in [4.78, 5) is 26.3. The van der Waals surface area contributed by atoms with E-state index >= 15 is 0 Å². The number of halogens is 1. The van der Waals surface area contributed by atoms with Crippen LogP contribution in [-0.2, 0) is 19.1 Å². The summed E-state index contributed by atoms with van der Waals surface area (Å²) in [6.45, 7) is 7.63. The second kappa shape index (κ2) is 16.4. The first-order valence-electron chi connectivity index (χ1n) is 11.2. The van der Waals surface area contributed by atoms with E-state index in [4.69, 9.17) is 25.8 Å². The smallest absolute Gasteiger partial charge is 0.330 e. The number of ether oxygens (including phenoxy) is 3. The Kier molecular flexibility index (Phi) is 12.7. The number of carbonyl (C=O) groups is 2. The Balaban J connectivity index is 1.78. The number of benzene rings is 2. The van der Waals surface area contributed by atoms with Gasteiger partial charge in [-0.25, -0.2) is 9.59 Å². The largest absolute Gasteiger partial charge is 0.492 e. The lowest BCUT2D eigenvalue weighted by atomic mass is 10.2. The van der Waals surface area contributed by atoms with E-state index < -0.39 is 11.9 Å². The van der Waals surface area contributed by atoms with E-state index in [0.717, 1.165) is 23.4 Å². The molecule has 0 heterocycles. The predicted molar refractivity (Wildman–Crippen MR) is 141 cm³/mol. The van der Waals surface area contributed by atoms with Gasteiger partial charge in [0.15, 0.2) is 0 Å². The van der Waals surface area contributed by atoms with E-state index in [1.54, 1.807) is 24.4 Å². The number of rotatable bonds is 12. The zero-order chi connectivity index (χ0) is 26.0. The van der Waals surface area contributed by atoms with Crippen molar-refractivity contribution < 1.29 is 23.8 Å². The lowest BCUT2D eigenvalue weighted by Gasteiger charge is -2.08. The van der Waals surface area contributed by atoms with Gasteiger partial charge in [0.1, 0.15) is 5.75 Å². The van der Waals surface area contributed by atoms with Crippen molar-refractivity contribution in [3.05, 3.63) is 83.9 Å². The molecule has 0 N–H and O–H groups in total. The third-order valence-corrected chi connectivity index (χ3v) is 4.66. The summed E-state index contributed by atoms with van der Waals surface area (Å²) in [6, 6.07) is 12.7. The molecule has 0 unspecified atom stereocenters. The van der Waals surface area contributed by atoms with Gasteiger partial charge in [-0.1, -0.05) is 36.6 Å². The van der Waals surface area contributed by atoms with Gasteiger partial charge in [-0.15, -0.1) is 0 Å². The number of hydrogen-bond donors (Lipinski definition) is 0. The standard InChI is InChI=1S/C29H26ClNO5/c1-3-28(32)35-19-8-7-18-31-25-15-12-23(13-16-25)10-5-6-11-24-14-17-27(26(30)22-24)34-20-9-21-36-29(33)4-2/h3-4,12-18,22H,1-2,7-9,19-21H2. The number of aliphatic imine (C=N–C) groups is 1. The monoisotopic (exact) mass is 503 g/mol. The average Bonchev–Trinajstić information content (AvgIpc) is 2.89. The highest BCUT2D eigenvalue weighted by Gasteiger charge is 2.03. The van der Waals surface area contributed by atoms with Crippen molar-refractivity contribution >= 4 is 35.4 Å². The summed E-state index contributed by atoms with van der Waals surface area (Å²) in [5, 5.41) is 0.437. The van der Waals surface area contributed by atoms with Gasteiger partial charge in [-0.2, -0.15) is 0 Å². The molecule has 0 saturated heterocycles. The highest BCUT2D eigenvalue weighted by Crippen LogP contribution is 2.25. The highest BCUT2D eigenvalue weighted by atomic mass is 35.5. The van der Waals surface area contributed by atoms with Crippen LogP contribution in [0.2, 0.25) is 5.02 Å². The molecule has 0 amide bonds. The van der Waals surface area contributed by atoms with Gasteiger partial charge in [-0.3, -0.25) is 4.99 Å². The van der Waals surface area contributed by atoms with Crippen LogP contribution in [-0.4, -0.2) is 38.0 Å². The van der Waals surface area contributed by atoms with Crippen molar-refractivity contribution in [3.8, 4) is 29.4 Å². The minimum absolute atomic E-state index is 0.247. The molecule has 0 spiro atoms. The Morgan fingerprint density at radius 2 is 1.47 bits per heavy atom. The van der Waals surface area contributed by atoms with Crippen LogP contribution in [0.25, 0.3) is 0 Å². The van der Waals surface area contributed by atoms with Crippen molar-refractivity contribution in [2.45, 2.75) is 19.3 Å². The van der Waals surface area contributed by atoms with E-state index in [2.05, 4.69) is 41.8 Å². The molecule has 6 nitrogen and oxygen atoms in total. The summed E-state index contributed by atoms with van der Waals surface area (Å²) in [5.74, 6) is 11.2. The van der Waals surface area contributed by atoms with Gasteiger partial charge in [0, 0.05) is 35.9 Å². The van der Waals surface area contributed by atoms with Gasteiger partial charge in [-0.05, 0) is 67.1 Å². The fourth-order valence-corrected chi connectivity index (χ4v) is 2.82. The molecule has 0 aromatic heterocycles. The normalized spacial score (nSPS) is 9.81. The van der Waals surface area contributed by atoms with Gasteiger partial charge in [0.05, 0.1) is 30.5 Å². The number of esters is 2. The zero-order valence-corrected chi connectivity index (χ0v) is 20.6. The molecule has 2 aromatic rings. The molecule has 0 aliphatic heterocycles. The quantitative estimate of drug-likeness (QED) is 0.126. The zero-order valence-electron chi connectivity index (χ0n) is 19.8. The number of nitrogens with zero attached hydrogens (tertiary/aromatic N) is 1. The SMILES string of the molecule is C=CC(=O)OCCCC=Nc1ccc(C#CC#Cc2ccc(OCCCOC(=O)C=C)c(Cl)c2)cc1. The fraction of sp³-hybridized carbons (Fsp3) is 0.207. The Hall–Kier alpha value is -4.26. The summed E-state index contributed by atoms with van der Waals surface area (Å²) in [7, 11) is 0. The number of carbonyl (C=O) groups excluding carboxylic acids is 2. The fourth-order valence-electron chi connectivity index (χ4n) is 2.58. The first-order chi connectivity index (χ1) is 17.5. The lowest BCUT2D eigenvalue weighted by molar-refractivity contribution is -0.138. The van der Waals surface area contributed by atoms with E-state index in [1.807, 2.05) is 24.3 Å². The van der Waals surface area contributed by atoms with E-state index in [0.29, 0.717) is 48.8 Å². The molecule has 0 aliphatic carbocycles. The summed E-state index contributed by atoms with van der Waals surface area (Å²) >= 11 is 6.26. The summed E-state index contributed by atoms with van der Waals surface area (Å²) < 4.78 is 15.4. The second-order valence-electron chi connectivity index (χ2n) is 7.09. The van der Waals surface area contributed by atoms with Gasteiger partial charge < -0.3 is 14.2 Å². The minimum atomic E-state index is -0.459. The minimum Gasteiger partial charge on any atom is -0.492 e. The Bertz CT molecular complexity index is 1210. The van der Waals surface area contributed by atoms with E-state index in [1.165, 1.54) is 0 Å². The van der Waals surface area contributed by atoms with E-state index in [-0.39, 0.29) is 6.61 Å². The van der Waals surface area contributed by atoms with E-state index in [9.17, 15) is 9.59 Å². The molecule has 0 atom stereocenters.